The number of hydrogen-bond acceptors (Lipinski definition) is 5. The maximum atomic E-state index is 6.32. The third-order valence-electron chi connectivity index (χ3n) is 3.69. The van der Waals surface area contributed by atoms with Gasteiger partial charge in [-0.3, -0.25) is 4.90 Å². The Morgan fingerprint density at radius 2 is 2.00 bits per heavy atom. The summed E-state index contributed by atoms with van der Waals surface area (Å²) in [4.78, 5) is 2.28. The molecular formula is C14H14Cl2N4S. The number of nitrogens with zero attached hydrogens (tertiary/aromatic N) is 3. The standard InChI is InChI=1S/C14H14Cl2N4S/c1-2-5-20-6-3-9(4-7-20)17-12-10(15)8-11(16)13-14(12)19-21-18-13/h1,8-9,17H,3-7H2. The zero-order chi connectivity index (χ0) is 14.8. The molecule has 0 atom stereocenters. The van der Waals surface area contributed by atoms with Crippen LogP contribution in [-0.2, 0) is 0 Å². The molecule has 3 rings (SSSR count). The van der Waals surface area contributed by atoms with Crippen LogP contribution in [0.3, 0.4) is 0 Å². The molecule has 0 bridgehead atoms. The van der Waals surface area contributed by atoms with Crippen LogP contribution in [0.25, 0.3) is 11.0 Å². The highest BCUT2D eigenvalue weighted by Gasteiger charge is 2.21. The van der Waals surface area contributed by atoms with Crippen LogP contribution in [0.2, 0.25) is 10.0 Å². The van der Waals surface area contributed by atoms with E-state index < -0.39 is 0 Å². The first-order valence-electron chi connectivity index (χ1n) is 6.71. The average molecular weight is 341 g/mol. The summed E-state index contributed by atoms with van der Waals surface area (Å²) in [6.07, 6.45) is 7.41. The van der Waals surface area contributed by atoms with E-state index in [9.17, 15) is 0 Å². The van der Waals surface area contributed by atoms with Crippen molar-refractivity contribution in [1.29, 1.82) is 0 Å². The quantitative estimate of drug-likeness (QED) is 0.868. The monoisotopic (exact) mass is 340 g/mol. The zero-order valence-electron chi connectivity index (χ0n) is 11.3. The van der Waals surface area contributed by atoms with Crippen LogP contribution in [0.4, 0.5) is 5.69 Å². The molecule has 1 fully saturated rings. The third kappa shape index (κ3) is 3.09. The van der Waals surface area contributed by atoms with E-state index in [-0.39, 0.29) is 0 Å². The summed E-state index contributed by atoms with van der Waals surface area (Å²) in [5.74, 6) is 2.69. The summed E-state index contributed by atoms with van der Waals surface area (Å²) in [7, 11) is 0. The van der Waals surface area contributed by atoms with E-state index in [0.717, 1.165) is 48.9 Å². The number of nitrogens with one attached hydrogen (secondary N) is 1. The van der Waals surface area contributed by atoms with Gasteiger partial charge in [0, 0.05) is 19.1 Å². The summed E-state index contributed by atoms with van der Waals surface area (Å²) in [6.45, 7) is 2.70. The summed E-state index contributed by atoms with van der Waals surface area (Å²) >= 11 is 13.6. The van der Waals surface area contributed by atoms with E-state index in [1.54, 1.807) is 6.07 Å². The molecule has 0 radical (unpaired) electrons. The highest BCUT2D eigenvalue weighted by Crippen LogP contribution is 2.36. The molecule has 0 aliphatic carbocycles. The summed E-state index contributed by atoms with van der Waals surface area (Å²) in [5, 5.41) is 4.63. The molecule has 7 heteroatoms. The van der Waals surface area contributed by atoms with E-state index in [4.69, 9.17) is 29.6 Å². The molecule has 1 aliphatic rings. The molecule has 1 aromatic heterocycles. The Morgan fingerprint density at radius 3 is 2.71 bits per heavy atom. The molecule has 0 saturated carbocycles. The van der Waals surface area contributed by atoms with Gasteiger partial charge in [-0.25, -0.2) is 0 Å². The number of halogens is 2. The molecular weight excluding hydrogens is 327 g/mol. The largest absolute Gasteiger partial charge is 0.379 e. The van der Waals surface area contributed by atoms with Gasteiger partial charge in [-0.15, -0.1) is 6.42 Å². The van der Waals surface area contributed by atoms with Crippen molar-refractivity contribution in [3.8, 4) is 12.3 Å². The molecule has 0 amide bonds. The Balaban J connectivity index is 1.77. The number of rotatable bonds is 3. The lowest BCUT2D eigenvalue weighted by molar-refractivity contribution is 0.243. The van der Waals surface area contributed by atoms with Gasteiger partial charge in [-0.1, -0.05) is 29.1 Å². The second-order valence-corrected chi connectivity index (χ2v) is 6.42. The van der Waals surface area contributed by atoms with Crippen LogP contribution in [0.5, 0.6) is 0 Å². The molecule has 1 aromatic carbocycles. The Labute approximate surface area is 137 Å². The van der Waals surface area contributed by atoms with Crippen LogP contribution in [-0.4, -0.2) is 39.3 Å². The first kappa shape index (κ1) is 14.9. The average Bonchev–Trinajstić information content (AvgIpc) is 2.95. The van der Waals surface area contributed by atoms with E-state index >= 15 is 0 Å². The molecule has 1 N–H and O–H groups in total. The molecule has 21 heavy (non-hydrogen) atoms. The summed E-state index contributed by atoms with van der Waals surface area (Å²) in [6, 6.07) is 2.09. The van der Waals surface area contributed by atoms with Crippen LogP contribution in [0.15, 0.2) is 6.07 Å². The van der Waals surface area contributed by atoms with Crippen molar-refractivity contribution in [2.45, 2.75) is 18.9 Å². The van der Waals surface area contributed by atoms with Crippen molar-refractivity contribution in [3.05, 3.63) is 16.1 Å². The Hall–Kier alpha value is -1.06. The van der Waals surface area contributed by atoms with E-state index in [1.807, 2.05) is 0 Å². The van der Waals surface area contributed by atoms with Gasteiger partial charge < -0.3 is 5.32 Å². The topological polar surface area (TPSA) is 41.0 Å². The fourth-order valence-electron chi connectivity index (χ4n) is 2.58. The van der Waals surface area contributed by atoms with E-state index in [0.29, 0.717) is 28.1 Å². The van der Waals surface area contributed by atoms with Crippen LogP contribution in [0.1, 0.15) is 12.8 Å². The predicted octanol–water partition coefficient (Wildman–Crippen LogP) is 3.51. The number of terminal acetylenes is 1. The second-order valence-electron chi connectivity index (χ2n) is 5.08. The van der Waals surface area contributed by atoms with Gasteiger partial charge in [0.2, 0.25) is 0 Å². The minimum atomic E-state index is 0.364. The lowest BCUT2D eigenvalue weighted by Crippen LogP contribution is -2.39. The molecule has 110 valence electrons. The van der Waals surface area contributed by atoms with Crippen LogP contribution < -0.4 is 5.32 Å². The fourth-order valence-corrected chi connectivity index (χ4v) is 3.75. The fraction of sp³-hybridized carbons (Fsp3) is 0.429. The smallest absolute Gasteiger partial charge is 0.130 e. The number of benzene rings is 1. The molecule has 1 saturated heterocycles. The number of hydrogen-bond donors (Lipinski definition) is 1. The summed E-state index contributed by atoms with van der Waals surface area (Å²) < 4.78 is 8.53. The first-order chi connectivity index (χ1) is 10.2. The Bertz CT molecular complexity index is 686. The highest BCUT2D eigenvalue weighted by atomic mass is 35.5. The first-order valence-corrected chi connectivity index (χ1v) is 8.20. The van der Waals surface area contributed by atoms with Crippen molar-refractivity contribution in [2.24, 2.45) is 0 Å². The van der Waals surface area contributed by atoms with E-state index in [1.165, 1.54) is 0 Å². The number of likely N-dealkylation sites (tertiary alicyclic amines) is 1. The lowest BCUT2D eigenvalue weighted by Gasteiger charge is -2.31. The minimum Gasteiger partial charge on any atom is -0.379 e. The molecule has 2 aromatic rings. The molecule has 0 unspecified atom stereocenters. The maximum absolute atomic E-state index is 6.32. The summed E-state index contributed by atoms with van der Waals surface area (Å²) in [5.41, 5.74) is 2.29. The molecule has 0 spiro atoms. The second kappa shape index (κ2) is 6.37. The molecule has 4 nitrogen and oxygen atoms in total. The zero-order valence-corrected chi connectivity index (χ0v) is 13.6. The maximum Gasteiger partial charge on any atom is 0.130 e. The van der Waals surface area contributed by atoms with Gasteiger partial charge in [0.25, 0.3) is 0 Å². The van der Waals surface area contributed by atoms with Crippen molar-refractivity contribution in [1.82, 2.24) is 13.6 Å². The van der Waals surface area contributed by atoms with Gasteiger partial charge in [-0.2, -0.15) is 8.75 Å². The van der Waals surface area contributed by atoms with Crippen molar-refractivity contribution in [3.63, 3.8) is 0 Å². The minimum absolute atomic E-state index is 0.364. The molecule has 1 aliphatic heterocycles. The lowest BCUT2D eigenvalue weighted by atomic mass is 10.0. The van der Waals surface area contributed by atoms with Crippen molar-refractivity contribution < 1.29 is 0 Å². The third-order valence-corrected chi connectivity index (χ3v) is 4.81. The van der Waals surface area contributed by atoms with Crippen molar-refractivity contribution >= 4 is 51.7 Å². The number of piperidine rings is 1. The van der Waals surface area contributed by atoms with Crippen LogP contribution >= 0.6 is 34.9 Å². The number of aromatic nitrogens is 2. The normalized spacial score (nSPS) is 17.0. The van der Waals surface area contributed by atoms with Crippen LogP contribution in [0, 0.1) is 12.3 Å². The number of anilines is 1. The van der Waals surface area contributed by atoms with Gasteiger partial charge in [0.15, 0.2) is 0 Å². The van der Waals surface area contributed by atoms with Gasteiger partial charge >= 0.3 is 0 Å². The van der Waals surface area contributed by atoms with Gasteiger partial charge in [0.05, 0.1) is 34.0 Å². The van der Waals surface area contributed by atoms with Gasteiger partial charge in [0.1, 0.15) is 11.0 Å². The highest BCUT2D eigenvalue weighted by molar-refractivity contribution is 7.00. The molecule has 2 heterocycles. The SMILES string of the molecule is C#CCN1CCC(Nc2c(Cl)cc(Cl)c3nsnc23)CC1. The predicted molar refractivity (Wildman–Crippen MR) is 89.4 cm³/mol. The van der Waals surface area contributed by atoms with E-state index in [2.05, 4.69) is 24.9 Å². The Morgan fingerprint density at radius 1 is 1.29 bits per heavy atom. The van der Waals surface area contributed by atoms with Crippen molar-refractivity contribution in [2.75, 3.05) is 25.0 Å². The Kier molecular flexibility index (Phi) is 4.51. The van der Waals surface area contributed by atoms with Gasteiger partial charge in [-0.05, 0) is 18.9 Å². The number of fused-ring (bicyclic) bond motifs is 1.